The molecule has 0 atom stereocenters. The van der Waals surface area contributed by atoms with Crippen LogP contribution in [-0.2, 0) is 10.0 Å². The quantitative estimate of drug-likeness (QED) is 0.432. The summed E-state index contributed by atoms with van der Waals surface area (Å²) in [6, 6.07) is 13.2. The van der Waals surface area contributed by atoms with Crippen LogP contribution in [0.4, 0.5) is 20.2 Å². The minimum atomic E-state index is -4.14. The van der Waals surface area contributed by atoms with Crippen molar-refractivity contribution in [3.8, 4) is 11.5 Å². The first-order valence-electron chi connectivity index (χ1n) is 9.49. The molecule has 0 aliphatic heterocycles. The van der Waals surface area contributed by atoms with Gasteiger partial charge in [-0.1, -0.05) is 6.07 Å². The van der Waals surface area contributed by atoms with Crippen LogP contribution < -0.4 is 10.0 Å². The monoisotopic (exact) mass is 470 g/mol. The average molecular weight is 470 g/mol. The van der Waals surface area contributed by atoms with Gasteiger partial charge in [-0.05, 0) is 67.1 Å². The number of nitrogens with zero attached hydrogens (tertiary/aromatic N) is 2. The van der Waals surface area contributed by atoms with E-state index < -0.39 is 32.5 Å². The van der Waals surface area contributed by atoms with E-state index in [1.54, 1.807) is 18.2 Å². The van der Waals surface area contributed by atoms with E-state index in [-0.39, 0.29) is 11.3 Å². The van der Waals surface area contributed by atoms with Crippen LogP contribution in [0.5, 0.6) is 0 Å². The van der Waals surface area contributed by atoms with Crippen molar-refractivity contribution in [2.45, 2.75) is 11.8 Å². The molecule has 4 rings (SSSR count). The second-order valence-electron chi connectivity index (χ2n) is 6.99. The first-order valence-corrected chi connectivity index (χ1v) is 11.0. The van der Waals surface area contributed by atoms with Gasteiger partial charge in [0, 0.05) is 22.5 Å². The lowest BCUT2D eigenvalue weighted by molar-refractivity contribution is 0.102. The Morgan fingerprint density at radius 2 is 1.73 bits per heavy atom. The summed E-state index contributed by atoms with van der Waals surface area (Å²) in [5, 5.41) is 10.3. The van der Waals surface area contributed by atoms with Crippen LogP contribution in [0.2, 0.25) is 0 Å². The molecular weight excluding hydrogens is 454 g/mol. The fourth-order valence-corrected chi connectivity index (χ4v) is 4.00. The Morgan fingerprint density at radius 3 is 2.39 bits per heavy atom. The third-order valence-electron chi connectivity index (χ3n) is 4.69. The summed E-state index contributed by atoms with van der Waals surface area (Å²) >= 11 is 0. The molecule has 168 valence electrons. The van der Waals surface area contributed by atoms with Crippen LogP contribution in [0.1, 0.15) is 15.9 Å². The third-order valence-corrected chi connectivity index (χ3v) is 6.07. The highest BCUT2D eigenvalue weighted by molar-refractivity contribution is 7.92. The molecule has 8 nitrogen and oxygen atoms in total. The molecule has 11 heteroatoms. The molecule has 1 aromatic heterocycles. The van der Waals surface area contributed by atoms with Crippen molar-refractivity contribution in [3.63, 3.8) is 0 Å². The van der Waals surface area contributed by atoms with Gasteiger partial charge in [0.15, 0.2) is 11.6 Å². The minimum absolute atomic E-state index is 0.144. The number of amides is 1. The second kappa shape index (κ2) is 8.79. The second-order valence-corrected chi connectivity index (χ2v) is 8.67. The molecule has 0 unspecified atom stereocenters. The summed E-state index contributed by atoms with van der Waals surface area (Å²) < 4.78 is 58.7. The normalized spacial score (nSPS) is 11.2. The van der Waals surface area contributed by atoms with Gasteiger partial charge in [-0.2, -0.15) is 0 Å². The van der Waals surface area contributed by atoms with E-state index in [0.717, 1.165) is 17.7 Å². The average Bonchev–Trinajstić information content (AvgIpc) is 3.32. The van der Waals surface area contributed by atoms with Crippen LogP contribution in [0, 0.1) is 18.6 Å². The smallest absolute Gasteiger partial charge is 0.261 e. The standard InChI is InChI=1S/C22H16F2N4O4S/c1-13-2-3-15(22-27-25-12-32-22)10-20(13)26-21(29)14-4-6-16(7-5-14)28-33(30,31)17-8-9-18(23)19(24)11-17/h2-12,28H,1H3,(H,26,29). The van der Waals surface area contributed by atoms with Gasteiger partial charge in [-0.25, -0.2) is 17.2 Å². The summed E-state index contributed by atoms with van der Waals surface area (Å²) in [5.41, 5.74) is 2.40. The number of nitrogens with one attached hydrogen (secondary N) is 2. The van der Waals surface area contributed by atoms with Gasteiger partial charge in [0.2, 0.25) is 12.3 Å². The Kier molecular flexibility index (Phi) is 5.88. The number of carbonyl (C=O) groups excluding carboxylic acids is 1. The maximum Gasteiger partial charge on any atom is 0.261 e. The summed E-state index contributed by atoms with van der Waals surface area (Å²) in [5.74, 6) is -2.54. The number of hydrogen-bond donors (Lipinski definition) is 2. The summed E-state index contributed by atoms with van der Waals surface area (Å²) in [6.45, 7) is 1.82. The summed E-state index contributed by atoms with van der Waals surface area (Å²) in [7, 11) is -4.14. The lowest BCUT2D eigenvalue weighted by Gasteiger charge is -2.11. The zero-order valence-corrected chi connectivity index (χ0v) is 17.9. The Morgan fingerprint density at radius 1 is 0.970 bits per heavy atom. The molecule has 0 saturated carbocycles. The van der Waals surface area contributed by atoms with Gasteiger partial charge >= 0.3 is 0 Å². The molecule has 0 bridgehead atoms. The van der Waals surface area contributed by atoms with E-state index in [2.05, 4.69) is 20.2 Å². The van der Waals surface area contributed by atoms with Crippen LogP contribution in [0.15, 0.2) is 76.4 Å². The highest BCUT2D eigenvalue weighted by atomic mass is 32.2. The highest BCUT2D eigenvalue weighted by Gasteiger charge is 2.17. The fourth-order valence-electron chi connectivity index (χ4n) is 2.93. The largest absolute Gasteiger partial charge is 0.423 e. The maximum absolute atomic E-state index is 13.4. The topological polar surface area (TPSA) is 114 Å². The summed E-state index contributed by atoms with van der Waals surface area (Å²) in [6.07, 6.45) is 1.20. The number of benzene rings is 3. The zero-order valence-electron chi connectivity index (χ0n) is 17.0. The summed E-state index contributed by atoms with van der Waals surface area (Å²) in [4.78, 5) is 12.2. The van der Waals surface area contributed by atoms with Crippen molar-refractivity contribution in [3.05, 3.63) is 89.8 Å². The predicted molar refractivity (Wildman–Crippen MR) is 116 cm³/mol. The SMILES string of the molecule is Cc1ccc(-c2nnco2)cc1NC(=O)c1ccc(NS(=O)(=O)c2ccc(F)c(F)c2)cc1. The van der Waals surface area contributed by atoms with E-state index in [1.807, 2.05) is 6.92 Å². The van der Waals surface area contributed by atoms with Crippen molar-refractivity contribution in [1.82, 2.24) is 10.2 Å². The molecule has 3 aromatic carbocycles. The molecule has 0 aliphatic rings. The predicted octanol–water partition coefficient (Wildman–Crippen LogP) is 4.38. The highest BCUT2D eigenvalue weighted by Crippen LogP contribution is 2.25. The molecule has 0 fully saturated rings. The number of rotatable bonds is 6. The number of anilines is 2. The van der Waals surface area contributed by atoms with Crippen LogP contribution in [0.25, 0.3) is 11.5 Å². The number of carbonyl (C=O) groups is 1. The molecule has 4 aromatic rings. The van der Waals surface area contributed by atoms with Gasteiger partial charge in [-0.3, -0.25) is 9.52 Å². The van der Waals surface area contributed by atoms with Crippen molar-refractivity contribution >= 4 is 27.3 Å². The van der Waals surface area contributed by atoms with E-state index in [0.29, 0.717) is 23.2 Å². The Labute approximate surface area is 187 Å². The molecule has 0 saturated heterocycles. The van der Waals surface area contributed by atoms with Crippen molar-refractivity contribution in [1.29, 1.82) is 0 Å². The molecule has 1 amide bonds. The Balaban J connectivity index is 1.49. The van der Waals surface area contributed by atoms with Crippen molar-refractivity contribution in [2.75, 3.05) is 10.0 Å². The fraction of sp³-hybridized carbons (Fsp3) is 0.0455. The van der Waals surface area contributed by atoms with Gasteiger partial charge in [0.25, 0.3) is 15.9 Å². The Bertz CT molecular complexity index is 1420. The van der Waals surface area contributed by atoms with Crippen LogP contribution in [0.3, 0.4) is 0 Å². The van der Waals surface area contributed by atoms with E-state index in [9.17, 15) is 22.0 Å². The lowest BCUT2D eigenvalue weighted by Crippen LogP contribution is -2.15. The Hall–Kier alpha value is -4.12. The molecule has 0 aliphatic carbocycles. The van der Waals surface area contributed by atoms with Gasteiger partial charge < -0.3 is 9.73 Å². The number of aromatic nitrogens is 2. The van der Waals surface area contributed by atoms with E-state index in [4.69, 9.17) is 4.42 Å². The van der Waals surface area contributed by atoms with Crippen molar-refractivity contribution < 1.29 is 26.4 Å². The molecular formula is C22H16F2N4O4S. The zero-order chi connectivity index (χ0) is 23.6. The first-order chi connectivity index (χ1) is 15.7. The van der Waals surface area contributed by atoms with Crippen LogP contribution in [-0.4, -0.2) is 24.5 Å². The third kappa shape index (κ3) is 4.88. The van der Waals surface area contributed by atoms with Gasteiger partial charge in [-0.15, -0.1) is 10.2 Å². The van der Waals surface area contributed by atoms with Gasteiger partial charge in [0.05, 0.1) is 4.90 Å². The minimum Gasteiger partial charge on any atom is -0.423 e. The lowest BCUT2D eigenvalue weighted by atomic mass is 10.1. The van der Waals surface area contributed by atoms with Crippen molar-refractivity contribution in [2.24, 2.45) is 0 Å². The van der Waals surface area contributed by atoms with E-state index in [1.165, 1.54) is 30.7 Å². The molecule has 0 spiro atoms. The first kappa shape index (κ1) is 22.1. The van der Waals surface area contributed by atoms with Gasteiger partial charge in [0.1, 0.15) is 0 Å². The number of halogens is 2. The number of sulfonamides is 1. The number of aryl methyl sites for hydroxylation is 1. The number of hydrogen-bond acceptors (Lipinski definition) is 6. The van der Waals surface area contributed by atoms with E-state index >= 15 is 0 Å². The maximum atomic E-state index is 13.4. The molecule has 1 heterocycles. The van der Waals surface area contributed by atoms with Crippen LogP contribution >= 0.6 is 0 Å². The molecule has 0 radical (unpaired) electrons. The molecule has 2 N–H and O–H groups in total. The molecule has 33 heavy (non-hydrogen) atoms.